The Bertz CT molecular complexity index is 1050. The quantitative estimate of drug-likeness (QED) is 0.405. The molecule has 2 heterocycles. The molecule has 0 amide bonds. The van der Waals surface area contributed by atoms with Gasteiger partial charge in [-0.1, -0.05) is 18.2 Å². The van der Waals surface area contributed by atoms with Crippen molar-refractivity contribution in [2.75, 3.05) is 11.9 Å². The molecule has 1 N–H and O–H groups in total. The molecule has 0 bridgehead atoms. The number of aromatic nitrogens is 1. The molecular formula is C20H17FN4O2S. The SMILES string of the molecule is O=[N+]([O-])c1cccc(C2c3cccn3CCN2C(=S)Nc2cccc(F)c2)c1. The van der Waals surface area contributed by atoms with Crippen LogP contribution in [0.25, 0.3) is 0 Å². The van der Waals surface area contributed by atoms with Crippen LogP contribution in [-0.4, -0.2) is 26.0 Å². The smallest absolute Gasteiger partial charge is 0.269 e. The Balaban J connectivity index is 1.70. The topological polar surface area (TPSA) is 63.3 Å². The van der Waals surface area contributed by atoms with Crippen molar-refractivity contribution in [1.29, 1.82) is 0 Å². The molecule has 142 valence electrons. The number of halogens is 1. The van der Waals surface area contributed by atoms with E-state index in [1.54, 1.807) is 24.3 Å². The van der Waals surface area contributed by atoms with Crippen molar-refractivity contribution in [3.63, 3.8) is 0 Å². The summed E-state index contributed by atoms with van der Waals surface area (Å²) in [6, 6.07) is 16.3. The van der Waals surface area contributed by atoms with Gasteiger partial charge in [-0.2, -0.15) is 0 Å². The lowest BCUT2D eigenvalue weighted by atomic mass is 10.00. The fraction of sp³-hybridized carbons (Fsp3) is 0.150. The van der Waals surface area contributed by atoms with Crippen LogP contribution in [-0.2, 0) is 6.54 Å². The summed E-state index contributed by atoms with van der Waals surface area (Å²) in [4.78, 5) is 12.8. The third kappa shape index (κ3) is 3.46. The minimum absolute atomic E-state index is 0.0325. The van der Waals surface area contributed by atoms with E-state index in [0.717, 1.165) is 17.8 Å². The zero-order valence-corrected chi connectivity index (χ0v) is 15.6. The highest BCUT2D eigenvalue weighted by atomic mass is 32.1. The number of nitro benzene ring substituents is 1. The van der Waals surface area contributed by atoms with Gasteiger partial charge in [0.1, 0.15) is 5.82 Å². The van der Waals surface area contributed by atoms with E-state index in [1.807, 2.05) is 29.3 Å². The van der Waals surface area contributed by atoms with Crippen LogP contribution in [0.4, 0.5) is 15.8 Å². The highest BCUT2D eigenvalue weighted by Crippen LogP contribution is 2.34. The number of rotatable bonds is 3. The van der Waals surface area contributed by atoms with Crippen LogP contribution in [0.2, 0.25) is 0 Å². The van der Waals surface area contributed by atoms with Crippen molar-refractivity contribution >= 4 is 28.7 Å². The highest BCUT2D eigenvalue weighted by molar-refractivity contribution is 7.80. The van der Waals surface area contributed by atoms with Crippen LogP contribution >= 0.6 is 12.2 Å². The normalized spacial score (nSPS) is 15.8. The molecule has 0 aliphatic carbocycles. The van der Waals surface area contributed by atoms with Crippen molar-refractivity contribution in [2.24, 2.45) is 0 Å². The molecule has 1 unspecified atom stereocenters. The van der Waals surface area contributed by atoms with E-state index in [-0.39, 0.29) is 17.5 Å². The summed E-state index contributed by atoms with van der Waals surface area (Å²) in [5.41, 5.74) is 2.36. The third-order valence-electron chi connectivity index (χ3n) is 4.77. The Kier molecular flexibility index (Phi) is 4.79. The maximum absolute atomic E-state index is 13.5. The number of nitro groups is 1. The molecule has 0 fully saturated rings. The molecule has 1 atom stereocenters. The second-order valence-electron chi connectivity index (χ2n) is 6.51. The molecule has 0 radical (unpaired) electrons. The first kappa shape index (κ1) is 18.1. The Labute approximate surface area is 166 Å². The van der Waals surface area contributed by atoms with Crippen LogP contribution in [0, 0.1) is 15.9 Å². The zero-order chi connectivity index (χ0) is 19.7. The van der Waals surface area contributed by atoms with Gasteiger partial charge in [0, 0.05) is 42.8 Å². The molecule has 1 aromatic heterocycles. The molecule has 2 aromatic carbocycles. The summed E-state index contributed by atoms with van der Waals surface area (Å²) < 4.78 is 15.6. The van der Waals surface area contributed by atoms with Crippen LogP contribution < -0.4 is 5.32 Å². The number of thiocarbonyl (C=S) groups is 1. The summed E-state index contributed by atoms with van der Waals surface area (Å²) in [5.74, 6) is -0.351. The Morgan fingerprint density at radius 1 is 1.14 bits per heavy atom. The second kappa shape index (κ2) is 7.40. The van der Waals surface area contributed by atoms with Gasteiger partial charge in [0.05, 0.1) is 11.0 Å². The van der Waals surface area contributed by atoms with E-state index in [4.69, 9.17) is 12.2 Å². The van der Waals surface area contributed by atoms with Gasteiger partial charge in [0.25, 0.3) is 5.69 Å². The first-order chi connectivity index (χ1) is 13.5. The molecule has 3 aromatic rings. The number of non-ortho nitro benzene ring substituents is 1. The maximum Gasteiger partial charge on any atom is 0.269 e. The van der Waals surface area contributed by atoms with Gasteiger partial charge in [-0.25, -0.2) is 4.39 Å². The van der Waals surface area contributed by atoms with Gasteiger partial charge in [0.2, 0.25) is 0 Å². The van der Waals surface area contributed by atoms with Crippen molar-refractivity contribution in [3.8, 4) is 0 Å². The van der Waals surface area contributed by atoms with Crippen molar-refractivity contribution in [2.45, 2.75) is 12.6 Å². The lowest BCUT2D eigenvalue weighted by Gasteiger charge is -2.39. The fourth-order valence-corrected chi connectivity index (χ4v) is 3.84. The molecule has 4 rings (SSSR count). The molecule has 6 nitrogen and oxygen atoms in total. The van der Waals surface area contributed by atoms with Crippen molar-refractivity contribution in [1.82, 2.24) is 9.47 Å². The standard InChI is InChI=1S/C20H17FN4O2S/c21-15-5-2-6-16(13-15)22-20(28)24-11-10-23-9-3-8-18(23)19(24)14-4-1-7-17(12-14)25(26)27/h1-9,12-13,19H,10-11H2,(H,22,28). The maximum atomic E-state index is 13.5. The highest BCUT2D eigenvalue weighted by Gasteiger charge is 2.31. The first-order valence-electron chi connectivity index (χ1n) is 8.75. The van der Waals surface area contributed by atoms with Gasteiger partial charge in [-0.05, 0) is 48.1 Å². The molecular weight excluding hydrogens is 379 g/mol. The molecule has 1 aliphatic rings. The summed E-state index contributed by atoms with van der Waals surface area (Å²) in [5, 5.41) is 14.8. The largest absolute Gasteiger partial charge is 0.348 e. The van der Waals surface area contributed by atoms with E-state index < -0.39 is 4.92 Å². The molecule has 0 saturated carbocycles. The van der Waals surface area contributed by atoms with Crippen LogP contribution in [0.15, 0.2) is 66.9 Å². The summed E-state index contributed by atoms with van der Waals surface area (Å²) in [7, 11) is 0. The Morgan fingerprint density at radius 2 is 1.96 bits per heavy atom. The Morgan fingerprint density at radius 3 is 2.75 bits per heavy atom. The number of anilines is 1. The van der Waals surface area contributed by atoms with E-state index in [9.17, 15) is 14.5 Å². The van der Waals surface area contributed by atoms with Crippen molar-refractivity contribution < 1.29 is 9.31 Å². The number of hydrogen-bond acceptors (Lipinski definition) is 3. The monoisotopic (exact) mass is 396 g/mol. The minimum Gasteiger partial charge on any atom is -0.348 e. The minimum atomic E-state index is -0.404. The van der Waals surface area contributed by atoms with Gasteiger partial charge < -0.3 is 14.8 Å². The molecule has 28 heavy (non-hydrogen) atoms. The number of fused-ring (bicyclic) bond motifs is 1. The van der Waals surface area contributed by atoms with E-state index in [0.29, 0.717) is 17.3 Å². The number of nitrogens with zero attached hydrogens (tertiary/aromatic N) is 3. The second-order valence-corrected chi connectivity index (χ2v) is 6.90. The number of benzene rings is 2. The average Bonchev–Trinajstić information content (AvgIpc) is 3.16. The molecule has 8 heteroatoms. The van der Waals surface area contributed by atoms with Gasteiger partial charge in [-0.3, -0.25) is 10.1 Å². The van der Waals surface area contributed by atoms with Crippen LogP contribution in [0.3, 0.4) is 0 Å². The fourth-order valence-electron chi connectivity index (χ4n) is 3.52. The van der Waals surface area contributed by atoms with E-state index >= 15 is 0 Å². The Hall–Kier alpha value is -3.26. The third-order valence-corrected chi connectivity index (χ3v) is 5.11. The predicted octanol–water partition coefficient (Wildman–Crippen LogP) is 4.34. The predicted molar refractivity (Wildman–Crippen MR) is 109 cm³/mol. The lowest BCUT2D eigenvalue weighted by Crippen LogP contribution is -2.44. The summed E-state index contributed by atoms with van der Waals surface area (Å²) in [6.45, 7) is 1.36. The van der Waals surface area contributed by atoms with Crippen molar-refractivity contribution in [3.05, 3.63) is 94.0 Å². The van der Waals surface area contributed by atoms with Gasteiger partial charge >= 0.3 is 0 Å². The number of hydrogen-bond donors (Lipinski definition) is 1. The summed E-state index contributed by atoms with van der Waals surface area (Å²) >= 11 is 5.61. The number of nitrogens with one attached hydrogen (secondary N) is 1. The molecule has 0 spiro atoms. The van der Waals surface area contributed by atoms with Gasteiger partial charge in [-0.15, -0.1) is 0 Å². The van der Waals surface area contributed by atoms with Crippen LogP contribution in [0.1, 0.15) is 17.3 Å². The zero-order valence-electron chi connectivity index (χ0n) is 14.8. The van der Waals surface area contributed by atoms with E-state index in [1.165, 1.54) is 18.2 Å². The first-order valence-corrected chi connectivity index (χ1v) is 9.16. The molecule has 0 saturated heterocycles. The average molecular weight is 396 g/mol. The van der Waals surface area contributed by atoms with Gasteiger partial charge in [0.15, 0.2) is 5.11 Å². The molecule has 1 aliphatic heterocycles. The van der Waals surface area contributed by atoms with E-state index in [2.05, 4.69) is 9.88 Å². The summed E-state index contributed by atoms with van der Waals surface area (Å²) in [6.07, 6.45) is 1.99. The lowest BCUT2D eigenvalue weighted by molar-refractivity contribution is -0.384. The van der Waals surface area contributed by atoms with Crippen LogP contribution in [0.5, 0.6) is 0 Å².